The highest BCUT2D eigenvalue weighted by Crippen LogP contribution is 2.16. The van der Waals surface area contributed by atoms with Crippen molar-refractivity contribution in [3.05, 3.63) is 65.7 Å². The topological polar surface area (TPSA) is 53.1 Å². The predicted molar refractivity (Wildman–Crippen MR) is 122 cm³/mol. The molecule has 0 spiro atoms. The van der Waals surface area contributed by atoms with Gasteiger partial charge in [0, 0.05) is 44.8 Å². The summed E-state index contributed by atoms with van der Waals surface area (Å²) in [5.74, 6) is 0.944. The molecule has 0 unspecified atom stereocenters. The van der Waals surface area contributed by atoms with E-state index in [-0.39, 0.29) is 11.8 Å². The van der Waals surface area contributed by atoms with Crippen molar-refractivity contribution < 1.29 is 14.3 Å². The number of amides is 2. The molecule has 1 aliphatic heterocycles. The van der Waals surface area contributed by atoms with Gasteiger partial charge in [0.1, 0.15) is 12.4 Å². The van der Waals surface area contributed by atoms with Crippen LogP contribution in [0, 0.1) is 0 Å². The largest absolute Gasteiger partial charge is 0.489 e. The molecule has 1 aliphatic rings. The van der Waals surface area contributed by atoms with Crippen molar-refractivity contribution in [2.24, 2.45) is 0 Å². The van der Waals surface area contributed by atoms with Gasteiger partial charge in [0.25, 0.3) is 5.91 Å². The molecule has 0 aromatic heterocycles. The summed E-state index contributed by atoms with van der Waals surface area (Å²) in [6.07, 6.45) is 0.871. The zero-order valence-electron chi connectivity index (χ0n) is 18.6. The van der Waals surface area contributed by atoms with Gasteiger partial charge < -0.3 is 14.5 Å². The fourth-order valence-electron chi connectivity index (χ4n) is 3.82. The maximum absolute atomic E-state index is 13.0. The van der Waals surface area contributed by atoms with Gasteiger partial charge in [-0.15, -0.1) is 0 Å². The van der Waals surface area contributed by atoms with Crippen molar-refractivity contribution >= 4 is 11.8 Å². The van der Waals surface area contributed by atoms with Gasteiger partial charge in [-0.05, 0) is 50.1 Å². The zero-order chi connectivity index (χ0) is 22.1. The second-order valence-corrected chi connectivity index (χ2v) is 7.79. The van der Waals surface area contributed by atoms with Crippen LogP contribution in [0.2, 0.25) is 0 Å². The summed E-state index contributed by atoms with van der Waals surface area (Å²) in [4.78, 5) is 31.3. The third-order valence-corrected chi connectivity index (χ3v) is 5.70. The van der Waals surface area contributed by atoms with Crippen molar-refractivity contribution in [3.63, 3.8) is 0 Å². The molecule has 2 amide bonds. The summed E-state index contributed by atoms with van der Waals surface area (Å²) in [5, 5.41) is 0. The zero-order valence-corrected chi connectivity index (χ0v) is 18.6. The first-order valence-corrected chi connectivity index (χ1v) is 11.2. The number of nitrogens with zero attached hydrogens (tertiary/aromatic N) is 3. The van der Waals surface area contributed by atoms with Gasteiger partial charge in [0.15, 0.2) is 0 Å². The van der Waals surface area contributed by atoms with Crippen LogP contribution in [0.15, 0.2) is 54.6 Å². The molecule has 166 valence electrons. The van der Waals surface area contributed by atoms with Crippen LogP contribution in [0.4, 0.5) is 0 Å². The number of benzene rings is 2. The molecule has 1 heterocycles. The highest BCUT2D eigenvalue weighted by atomic mass is 16.5. The quantitative estimate of drug-likeness (QED) is 0.654. The van der Waals surface area contributed by atoms with Gasteiger partial charge in [0.2, 0.25) is 5.91 Å². The molecular weight excluding hydrogens is 390 g/mol. The predicted octanol–water partition coefficient (Wildman–Crippen LogP) is 3.28. The highest BCUT2D eigenvalue weighted by Gasteiger charge is 2.22. The summed E-state index contributed by atoms with van der Waals surface area (Å²) in [6, 6.07) is 17.4. The number of hydrogen-bond acceptors (Lipinski definition) is 4. The Morgan fingerprint density at radius 2 is 1.61 bits per heavy atom. The monoisotopic (exact) mass is 423 g/mol. The average molecular weight is 424 g/mol. The van der Waals surface area contributed by atoms with E-state index in [1.165, 1.54) is 0 Å². The van der Waals surface area contributed by atoms with Crippen LogP contribution in [0.5, 0.6) is 5.75 Å². The minimum atomic E-state index is 0.0338. The number of ether oxygens (including phenoxy) is 1. The van der Waals surface area contributed by atoms with Crippen molar-refractivity contribution in [2.45, 2.75) is 26.9 Å². The molecule has 0 radical (unpaired) electrons. The van der Waals surface area contributed by atoms with E-state index in [1.807, 2.05) is 78.2 Å². The third kappa shape index (κ3) is 6.56. The molecule has 31 heavy (non-hydrogen) atoms. The van der Waals surface area contributed by atoms with E-state index in [4.69, 9.17) is 4.74 Å². The van der Waals surface area contributed by atoms with Gasteiger partial charge in [-0.2, -0.15) is 0 Å². The maximum atomic E-state index is 13.0. The lowest BCUT2D eigenvalue weighted by Gasteiger charge is -2.25. The summed E-state index contributed by atoms with van der Waals surface area (Å²) < 4.78 is 5.81. The Kier molecular flexibility index (Phi) is 8.47. The van der Waals surface area contributed by atoms with E-state index in [0.29, 0.717) is 31.8 Å². The number of rotatable bonds is 8. The van der Waals surface area contributed by atoms with E-state index in [1.54, 1.807) is 0 Å². The Hall–Kier alpha value is -2.86. The van der Waals surface area contributed by atoms with Gasteiger partial charge in [-0.25, -0.2) is 0 Å². The van der Waals surface area contributed by atoms with Crippen LogP contribution in [0.3, 0.4) is 0 Å². The van der Waals surface area contributed by atoms with Crippen LogP contribution in [-0.4, -0.2) is 72.3 Å². The molecule has 2 aromatic rings. The van der Waals surface area contributed by atoms with Crippen LogP contribution < -0.4 is 4.74 Å². The molecule has 1 saturated heterocycles. The summed E-state index contributed by atoms with van der Waals surface area (Å²) in [7, 11) is 0. The lowest BCUT2D eigenvalue weighted by atomic mass is 10.2. The SMILES string of the molecule is CCN(CC)C(=O)CN1CCCN(C(=O)c2ccc(OCc3ccccc3)cc2)CC1. The first-order chi connectivity index (χ1) is 15.1. The minimum Gasteiger partial charge on any atom is -0.489 e. The van der Waals surface area contributed by atoms with Crippen LogP contribution in [-0.2, 0) is 11.4 Å². The van der Waals surface area contributed by atoms with Gasteiger partial charge in [-0.3, -0.25) is 14.5 Å². The Labute approximate surface area is 185 Å². The molecule has 2 aromatic carbocycles. The van der Waals surface area contributed by atoms with Gasteiger partial charge in [0.05, 0.1) is 6.54 Å². The first kappa shape index (κ1) is 22.8. The molecule has 0 saturated carbocycles. The fraction of sp³-hybridized carbons (Fsp3) is 0.440. The number of hydrogen-bond donors (Lipinski definition) is 0. The molecule has 1 fully saturated rings. The van der Waals surface area contributed by atoms with Gasteiger partial charge >= 0.3 is 0 Å². The Morgan fingerprint density at radius 3 is 2.29 bits per heavy atom. The lowest BCUT2D eigenvalue weighted by molar-refractivity contribution is -0.132. The summed E-state index contributed by atoms with van der Waals surface area (Å²) in [5.41, 5.74) is 1.77. The summed E-state index contributed by atoms with van der Waals surface area (Å²) in [6.45, 7) is 9.30. The Balaban J connectivity index is 1.51. The molecule has 0 bridgehead atoms. The highest BCUT2D eigenvalue weighted by molar-refractivity contribution is 5.94. The lowest BCUT2D eigenvalue weighted by Crippen LogP contribution is -2.42. The Bertz CT molecular complexity index is 835. The Morgan fingerprint density at radius 1 is 0.903 bits per heavy atom. The first-order valence-electron chi connectivity index (χ1n) is 11.2. The second kappa shape index (κ2) is 11.5. The van der Waals surface area contributed by atoms with Crippen molar-refractivity contribution in [1.82, 2.24) is 14.7 Å². The average Bonchev–Trinajstić information content (AvgIpc) is 3.04. The van der Waals surface area contributed by atoms with E-state index >= 15 is 0 Å². The number of carbonyl (C=O) groups excluding carboxylic acids is 2. The summed E-state index contributed by atoms with van der Waals surface area (Å²) >= 11 is 0. The van der Waals surface area contributed by atoms with Crippen molar-refractivity contribution in [1.29, 1.82) is 0 Å². The normalized spacial score (nSPS) is 14.7. The van der Waals surface area contributed by atoms with Crippen LogP contribution in [0.25, 0.3) is 0 Å². The molecule has 0 atom stereocenters. The van der Waals surface area contributed by atoms with Crippen LogP contribution >= 0.6 is 0 Å². The van der Waals surface area contributed by atoms with E-state index in [0.717, 1.165) is 43.9 Å². The maximum Gasteiger partial charge on any atom is 0.253 e. The van der Waals surface area contributed by atoms with E-state index in [9.17, 15) is 9.59 Å². The number of likely N-dealkylation sites (N-methyl/N-ethyl adjacent to an activating group) is 1. The van der Waals surface area contributed by atoms with Crippen LogP contribution in [0.1, 0.15) is 36.2 Å². The van der Waals surface area contributed by atoms with Crippen molar-refractivity contribution in [2.75, 3.05) is 45.8 Å². The van der Waals surface area contributed by atoms with E-state index in [2.05, 4.69) is 4.90 Å². The molecular formula is C25H33N3O3. The molecule has 0 aliphatic carbocycles. The number of carbonyl (C=O) groups is 2. The molecule has 6 nitrogen and oxygen atoms in total. The molecule has 6 heteroatoms. The van der Waals surface area contributed by atoms with Gasteiger partial charge in [-0.1, -0.05) is 30.3 Å². The van der Waals surface area contributed by atoms with Crippen molar-refractivity contribution in [3.8, 4) is 5.75 Å². The second-order valence-electron chi connectivity index (χ2n) is 7.79. The smallest absolute Gasteiger partial charge is 0.253 e. The fourth-order valence-corrected chi connectivity index (χ4v) is 3.82. The standard InChI is InChI=1S/C25H33N3O3/c1-3-27(4-2)24(29)19-26-15-8-16-28(18-17-26)25(30)22-11-13-23(14-12-22)31-20-21-9-6-5-7-10-21/h5-7,9-14H,3-4,8,15-20H2,1-2H3. The minimum absolute atomic E-state index is 0.0338. The molecule has 3 rings (SSSR count). The third-order valence-electron chi connectivity index (χ3n) is 5.70. The molecule has 0 N–H and O–H groups in total. The van der Waals surface area contributed by atoms with E-state index < -0.39 is 0 Å².